The van der Waals surface area contributed by atoms with Gasteiger partial charge in [-0.2, -0.15) is 0 Å². The van der Waals surface area contributed by atoms with Crippen molar-refractivity contribution in [2.45, 2.75) is 102 Å². The molecule has 202 valence electrons. The van der Waals surface area contributed by atoms with Crippen molar-refractivity contribution in [1.82, 2.24) is 15.5 Å². The molecular formula is C26H41N3O7. The summed E-state index contributed by atoms with van der Waals surface area (Å²) in [5.74, 6) is -1.37. The van der Waals surface area contributed by atoms with E-state index in [0.717, 1.165) is 25.7 Å². The summed E-state index contributed by atoms with van der Waals surface area (Å²) in [5.41, 5.74) is -1.82. The van der Waals surface area contributed by atoms with Crippen molar-refractivity contribution < 1.29 is 33.4 Å². The lowest BCUT2D eigenvalue weighted by Crippen LogP contribution is -2.56. The van der Waals surface area contributed by atoms with Crippen LogP contribution >= 0.6 is 0 Å². The molecule has 2 fully saturated rings. The monoisotopic (exact) mass is 507 g/mol. The topological polar surface area (TPSA) is 123 Å². The zero-order valence-electron chi connectivity index (χ0n) is 22.1. The summed E-state index contributed by atoms with van der Waals surface area (Å²) in [6.07, 6.45) is 7.55. The molecule has 0 aromatic heterocycles. The highest BCUT2D eigenvalue weighted by atomic mass is 16.6. The Bertz CT molecular complexity index is 868. The predicted molar refractivity (Wildman–Crippen MR) is 132 cm³/mol. The fourth-order valence-electron chi connectivity index (χ4n) is 4.93. The van der Waals surface area contributed by atoms with Crippen molar-refractivity contribution >= 4 is 23.9 Å². The molecule has 2 N–H and O–H groups in total. The van der Waals surface area contributed by atoms with Crippen molar-refractivity contribution in [3.8, 4) is 0 Å². The van der Waals surface area contributed by atoms with Crippen molar-refractivity contribution in [3.05, 3.63) is 12.2 Å². The second-order valence-corrected chi connectivity index (χ2v) is 10.9. The first kappa shape index (κ1) is 28.0. The highest BCUT2D eigenvalue weighted by Crippen LogP contribution is 2.46. The van der Waals surface area contributed by atoms with Crippen LogP contribution in [0.15, 0.2) is 12.2 Å². The normalized spacial score (nSPS) is 31.3. The average Bonchev–Trinajstić information content (AvgIpc) is 3.31. The van der Waals surface area contributed by atoms with Crippen LogP contribution in [0, 0.1) is 5.92 Å². The number of fused-ring (bicyclic) bond motifs is 2. The van der Waals surface area contributed by atoms with Gasteiger partial charge in [-0.25, -0.2) is 9.59 Å². The van der Waals surface area contributed by atoms with Crippen molar-refractivity contribution in [1.29, 1.82) is 0 Å². The van der Waals surface area contributed by atoms with Crippen LogP contribution in [0.1, 0.15) is 72.6 Å². The Kier molecular flexibility index (Phi) is 9.03. The number of nitrogens with zero attached hydrogens (tertiary/aromatic N) is 1. The second-order valence-electron chi connectivity index (χ2n) is 10.9. The van der Waals surface area contributed by atoms with E-state index in [2.05, 4.69) is 10.6 Å². The van der Waals surface area contributed by atoms with E-state index in [1.165, 1.54) is 12.0 Å². The molecule has 2 heterocycles. The Morgan fingerprint density at radius 2 is 1.97 bits per heavy atom. The Labute approximate surface area is 213 Å². The molecule has 1 aliphatic carbocycles. The molecule has 36 heavy (non-hydrogen) atoms. The molecule has 1 saturated carbocycles. The molecule has 10 heteroatoms. The van der Waals surface area contributed by atoms with Gasteiger partial charge in [0.05, 0.1) is 12.7 Å². The molecule has 3 aliphatic rings. The number of carbonyl (C=O) groups excluding carboxylic acids is 4. The first-order valence-corrected chi connectivity index (χ1v) is 13.0. The van der Waals surface area contributed by atoms with Gasteiger partial charge in [-0.15, -0.1) is 0 Å². The van der Waals surface area contributed by atoms with E-state index >= 15 is 0 Å². The highest BCUT2D eigenvalue weighted by molar-refractivity contribution is 5.96. The Hall–Kier alpha value is -2.62. The number of rotatable bonds is 4. The van der Waals surface area contributed by atoms with Crippen LogP contribution in [0.3, 0.4) is 0 Å². The number of hydrogen-bond donors (Lipinski definition) is 2. The molecule has 10 nitrogen and oxygen atoms in total. The number of amides is 3. The van der Waals surface area contributed by atoms with Gasteiger partial charge in [0.25, 0.3) is 0 Å². The van der Waals surface area contributed by atoms with Gasteiger partial charge >= 0.3 is 12.1 Å². The molecule has 0 spiro atoms. The fraction of sp³-hybridized carbons (Fsp3) is 0.769. The quantitative estimate of drug-likeness (QED) is 0.443. The van der Waals surface area contributed by atoms with Crippen LogP contribution in [-0.2, 0) is 28.6 Å². The summed E-state index contributed by atoms with van der Waals surface area (Å²) < 4.78 is 16.2. The van der Waals surface area contributed by atoms with E-state index in [1.54, 1.807) is 27.7 Å². The lowest BCUT2D eigenvalue weighted by Gasteiger charge is -2.30. The maximum atomic E-state index is 13.7. The van der Waals surface area contributed by atoms with Crippen LogP contribution in [-0.4, -0.2) is 78.4 Å². The van der Waals surface area contributed by atoms with Gasteiger partial charge in [-0.3, -0.25) is 9.59 Å². The summed E-state index contributed by atoms with van der Waals surface area (Å²) >= 11 is 0. The maximum absolute atomic E-state index is 13.7. The molecule has 3 rings (SSSR count). The molecule has 0 radical (unpaired) electrons. The first-order chi connectivity index (χ1) is 17.0. The van der Waals surface area contributed by atoms with Gasteiger partial charge in [0.15, 0.2) is 0 Å². The van der Waals surface area contributed by atoms with Gasteiger partial charge in [0.1, 0.15) is 23.2 Å². The Balaban J connectivity index is 1.86. The van der Waals surface area contributed by atoms with E-state index in [9.17, 15) is 19.2 Å². The van der Waals surface area contributed by atoms with E-state index in [4.69, 9.17) is 14.2 Å². The molecule has 0 bridgehead atoms. The molecule has 0 aromatic rings. The molecule has 0 unspecified atom stereocenters. The van der Waals surface area contributed by atoms with Gasteiger partial charge in [0.2, 0.25) is 11.8 Å². The second kappa shape index (κ2) is 11.6. The largest absolute Gasteiger partial charge is 0.464 e. The zero-order valence-corrected chi connectivity index (χ0v) is 22.1. The highest BCUT2D eigenvalue weighted by Gasteiger charge is 2.62. The first-order valence-electron chi connectivity index (χ1n) is 13.0. The average molecular weight is 508 g/mol. The number of methoxy groups -OCH3 is 1. The molecule has 0 aromatic carbocycles. The maximum Gasteiger partial charge on any atom is 0.408 e. The van der Waals surface area contributed by atoms with Gasteiger partial charge in [-0.1, -0.05) is 25.0 Å². The summed E-state index contributed by atoms with van der Waals surface area (Å²) in [7, 11) is 1.54. The number of ether oxygens (including phenoxy) is 3. The summed E-state index contributed by atoms with van der Waals surface area (Å²) in [4.78, 5) is 54.0. The SMILES string of the molecule is CCOC(=O)[C@@]12C[C@H]1C=CCCCCC[C@H](NC(=O)OC(C)(C)C)C(=O)N1C[C@H](OC)C[C@H]1C(=O)N2. The third kappa shape index (κ3) is 6.78. The number of allylic oxidation sites excluding steroid dienone is 1. The third-order valence-corrected chi connectivity index (χ3v) is 6.90. The van der Waals surface area contributed by atoms with Crippen LogP contribution in [0.5, 0.6) is 0 Å². The number of nitrogens with one attached hydrogen (secondary N) is 2. The lowest BCUT2D eigenvalue weighted by atomic mass is 10.0. The number of carbonyl (C=O) groups is 4. The minimum Gasteiger partial charge on any atom is -0.464 e. The van der Waals surface area contributed by atoms with Gasteiger partial charge in [-0.05, 0) is 53.4 Å². The van der Waals surface area contributed by atoms with Crippen LogP contribution in [0.4, 0.5) is 4.79 Å². The summed E-state index contributed by atoms with van der Waals surface area (Å²) in [6, 6.07) is -1.66. The Morgan fingerprint density at radius 1 is 1.22 bits per heavy atom. The number of alkyl carbamates (subject to hydrolysis) is 1. The van der Waals surface area contributed by atoms with E-state index in [1.807, 2.05) is 12.2 Å². The van der Waals surface area contributed by atoms with E-state index in [0.29, 0.717) is 19.3 Å². The van der Waals surface area contributed by atoms with Gasteiger partial charge < -0.3 is 29.7 Å². The third-order valence-electron chi connectivity index (χ3n) is 6.90. The van der Waals surface area contributed by atoms with Crippen LogP contribution in [0.25, 0.3) is 0 Å². The zero-order chi connectivity index (χ0) is 26.5. The fourth-order valence-corrected chi connectivity index (χ4v) is 4.93. The smallest absolute Gasteiger partial charge is 0.408 e. The van der Waals surface area contributed by atoms with Crippen molar-refractivity contribution in [2.24, 2.45) is 5.92 Å². The summed E-state index contributed by atoms with van der Waals surface area (Å²) in [5, 5.41) is 5.64. The minimum absolute atomic E-state index is 0.143. The molecule has 3 amide bonds. The number of esters is 1. The summed E-state index contributed by atoms with van der Waals surface area (Å²) in [6.45, 7) is 7.43. The molecule has 5 atom stereocenters. The number of hydrogen-bond acceptors (Lipinski definition) is 7. The predicted octanol–water partition coefficient (Wildman–Crippen LogP) is 2.45. The van der Waals surface area contributed by atoms with E-state index in [-0.39, 0.29) is 31.1 Å². The van der Waals surface area contributed by atoms with E-state index < -0.39 is 41.2 Å². The standard InChI is InChI=1S/C26H41N3O7/c1-6-35-23(32)26-15-17(26)12-10-8-7-9-11-13-19(27-24(33)36-25(2,3)4)22(31)29-16-18(34-5)14-20(29)21(30)28-26/h10,12,17-20H,6-9,11,13-16H2,1-5H3,(H,27,33)(H,28,30)/t17-,18-,19+,20+,26-/m1/s1. The lowest BCUT2D eigenvalue weighted by molar-refractivity contribution is -0.150. The van der Waals surface area contributed by atoms with Crippen LogP contribution < -0.4 is 10.6 Å². The minimum atomic E-state index is -1.11. The van der Waals surface area contributed by atoms with Crippen molar-refractivity contribution in [3.63, 3.8) is 0 Å². The van der Waals surface area contributed by atoms with Gasteiger partial charge in [0, 0.05) is 26.0 Å². The molecule has 1 saturated heterocycles. The van der Waals surface area contributed by atoms with Crippen molar-refractivity contribution in [2.75, 3.05) is 20.3 Å². The molecular weight excluding hydrogens is 466 g/mol. The molecule has 2 aliphatic heterocycles. The Morgan fingerprint density at radius 3 is 2.64 bits per heavy atom. The van der Waals surface area contributed by atoms with Crippen LogP contribution in [0.2, 0.25) is 0 Å².